The first-order valence-electron chi connectivity index (χ1n) is 10.4. The molecule has 4 aromatic rings. The van der Waals surface area contributed by atoms with Crippen LogP contribution in [0.4, 0.5) is 10.3 Å². The van der Waals surface area contributed by atoms with Crippen molar-refractivity contribution in [2.75, 3.05) is 11.6 Å². The average molecular weight is 521 g/mol. The molecule has 6 rings (SSSR count). The highest BCUT2D eigenvalue weighted by Gasteiger charge is 2.41. The molecule has 2 atom stereocenters. The number of nitrogens with zero attached hydrogens (tertiary/aromatic N) is 3. The summed E-state index contributed by atoms with van der Waals surface area (Å²) in [5, 5.41) is 8.95. The SMILES string of the molecule is CSc1nc2n(n1)[C@@H](c1ccc(F)cc1)C1=C(N2)c2ccccc2O[C@@H]1c1cccc(Br)c1. The Morgan fingerprint density at radius 3 is 2.64 bits per heavy atom. The third-order valence-electron chi connectivity index (χ3n) is 5.88. The molecule has 1 aromatic heterocycles. The maximum Gasteiger partial charge on any atom is 0.227 e. The van der Waals surface area contributed by atoms with E-state index in [-0.39, 0.29) is 18.0 Å². The van der Waals surface area contributed by atoms with Gasteiger partial charge in [0.25, 0.3) is 0 Å². The molecular weight excluding hydrogens is 503 g/mol. The van der Waals surface area contributed by atoms with E-state index >= 15 is 0 Å². The van der Waals surface area contributed by atoms with Gasteiger partial charge in [0.2, 0.25) is 11.1 Å². The molecule has 2 aliphatic heterocycles. The molecule has 5 nitrogen and oxygen atoms in total. The highest BCUT2D eigenvalue weighted by atomic mass is 79.9. The highest BCUT2D eigenvalue weighted by Crippen LogP contribution is 2.51. The lowest BCUT2D eigenvalue weighted by molar-refractivity contribution is 0.223. The Balaban J connectivity index is 1.64. The molecule has 0 spiro atoms. The predicted molar refractivity (Wildman–Crippen MR) is 131 cm³/mol. The molecular formula is C25H18BrFN4OS. The zero-order valence-corrected chi connectivity index (χ0v) is 19.9. The fraction of sp³-hybridized carbons (Fsp3) is 0.120. The van der Waals surface area contributed by atoms with E-state index in [9.17, 15) is 4.39 Å². The Morgan fingerprint density at radius 1 is 1.03 bits per heavy atom. The van der Waals surface area contributed by atoms with E-state index in [4.69, 9.17) is 9.84 Å². The molecule has 0 fully saturated rings. The van der Waals surface area contributed by atoms with Crippen molar-refractivity contribution in [3.8, 4) is 5.75 Å². The summed E-state index contributed by atoms with van der Waals surface area (Å²) in [6.45, 7) is 0. The molecule has 0 radical (unpaired) electrons. The summed E-state index contributed by atoms with van der Waals surface area (Å²) in [6, 6.07) is 22.3. The molecule has 0 saturated heterocycles. The van der Waals surface area contributed by atoms with E-state index in [1.165, 1.54) is 23.9 Å². The number of benzene rings is 3. The van der Waals surface area contributed by atoms with E-state index in [2.05, 4.69) is 38.4 Å². The van der Waals surface area contributed by atoms with Crippen molar-refractivity contribution in [2.45, 2.75) is 17.3 Å². The van der Waals surface area contributed by atoms with Gasteiger partial charge in [-0.3, -0.25) is 0 Å². The van der Waals surface area contributed by atoms with Crippen molar-refractivity contribution in [1.82, 2.24) is 14.8 Å². The number of para-hydroxylation sites is 1. The summed E-state index contributed by atoms with van der Waals surface area (Å²) in [6.07, 6.45) is 1.58. The number of nitrogens with one attached hydrogen (secondary N) is 1. The Hall–Kier alpha value is -3.10. The molecule has 0 bridgehead atoms. The predicted octanol–water partition coefficient (Wildman–Crippen LogP) is 6.46. The molecule has 0 unspecified atom stereocenters. The van der Waals surface area contributed by atoms with Crippen LogP contribution in [0.25, 0.3) is 5.70 Å². The minimum absolute atomic E-state index is 0.278. The average Bonchev–Trinajstić information content (AvgIpc) is 3.26. The lowest BCUT2D eigenvalue weighted by Gasteiger charge is -2.39. The Labute approximate surface area is 202 Å². The maximum atomic E-state index is 13.8. The molecule has 0 aliphatic carbocycles. The normalized spacial score (nSPS) is 18.6. The second-order valence-corrected chi connectivity index (χ2v) is 9.51. The Morgan fingerprint density at radius 2 is 1.85 bits per heavy atom. The van der Waals surface area contributed by atoms with Gasteiger partial charge in [-0.2, -0.15) is 4.98 Å². The van der Waals surface area contributed by atoms with Crippen LogP contribution in [-0.4, -0.2) is 21.0 Å². The van der Waals surface area contributed by atoms with Crippen molar-refractivity contribution in [3.63, 3.8) is 0 Å². The molecule has 0 amide bonds. The van der Waals surface area contributed by atoms with Crippen LogP contribution >= 0.6 is 27.7 Å². The zero-order chi connectivity index (χ0) is 22.5. The summed E-state index contributed by atoms with van der Waals surface area (Å²) in [5.74, 6) is 1.17. The zero-order valence-electron chi connectivity index (χ0n) is 17.5. The van der Waals surface area contributed by atoms with Gasteiger partial charge in [0.05, 0.1) is 5.70 Å². The van der Waals surface area contributed by atoms with Crippen LogP contribution in [-0.2, 0) is 0 Å². The third-order valence-corrected chi connectivity index (χ3v) is 6.91. The first-order valence-corrected chi connectivity index (χ1v) is 12.4. The number of ether oxygens (including phenoxy) is 1. The van der Waals surface area contributed by atoms with Gasteiger partial charge >= 0.3 is 0 Å². The minimum atomic E-state index is -0.370. The van der Waals surface area contributed by atoms with Gasteiger partial charge in [0, 0.05) is 15.6 Å². The van der Waals surface area contributed by atoms with Crippen molar-refractivity contribution in [1.29, 1.82) is 0 Å². The number of halogens is 2. The number of anilines is 1. The van der Waals surface area contributed by atoms with Gasteiger partial charge in [0.1, 0.15) is 23.7 Å². The number of fused-ring (bicyclic) bond motifs is 3. The number of hydrogen-bond acceptors (Lipinski definition) is 5. The number of thioether (sulfide) groups is 1. The Kier molecular flexibility index (Phi) is 4.99. The lowest BCUT2D eigenvalue weighted by atomic mass is 9.84. The topological polar surface area (TPSA) is 52.0 Å². The molecule has 3 aromatic carbocycles. The van der Waals surface area contributed by atoms with Crippen LogP contribution in [0.2, 0.25) is 0 Å². The fourth-order valence-electron chi connectivity index (χ4n) is 4.45. The minimum Gasteiger partial charge on any atom is -0.480 e. The van der Waals surface area contributed by atoms with E-state index < -0.39 is 0 Å². The smallest absolute Gasteiger partial charge is 0.227 e. The van der Waals surface area contributed by atoms with E-state index in [0.717, 1.165) is 38.2 Å². The molecule has 0 saturated carbocycles. The van der Waals surface area contributed by atoms with E-state index in [0.29, 0.717) is 11.1 Å². The van der Waals surface area contributed by atoms with Crippen molar-refractivity contribution >= 4 is 39.3 Å². The van der Waals surface area contributed by atoms with Gasteiger partial charge in [0.15, 0.2) is 0 Å². The molecule has 164 valence electrons. The molecule has 1 N–H and O–H groups in total. The van der Waals surface area contributed by atoms with Crippen molar-refractivity contribution < 1.29 is 9.13 Å². The van der Waals surface area contributed by atoms with Crippen molar-refractivity contribution in [2.24, 2.45) is 0 Å². The largest absolute Gasteiger partial charge is 0.480 e. The van der Waals surface area contributed by atoms with Crippen molar-refractivity contribution in [3.05, 3.63) is 105 Å². The van der Waals surface area contributed by atoms with Gasteiger partial charge < -0.3 is 10.1 Å². The quantitative estimate of drug-likeness (QED) is 0.314. The second-order valence-electron chi connectivity index (χ2n) is 7.83. The standard InChI is InChI=1S/C25H18BrFN4OS/c1-33-25-29-24-28-21-18-7-2-3-8-19(18)32-23(15-5-4-6-16(26)13-15)20(21)22(31(24)30-25)14-9-11-17(27)12-10-14/h2-13,22-23H,1H3,(H,28,29,30)/t22-,23+/m0/s1. The molecule has 8 heteroatoms. The third kappa shape index (κ3) is 3.45. The summed E-state index contributed by atoms with van der Waals surface area (Å²) >= 11 is 5.08. The first-order chi connectivity index (χ1) is 16.1. The van der Waals surface area contributed by atoms with Crippen LogP contribution in [0.3, 0.4) is 0 Å². The fourth-order valence-corrected chi connectivity index (χ4v) is 5.22. The molecule has 2 aliphatic rings. The van der Waals surface area contributed by atoms with Crippen LogP contribution in [0.1, 0.15) is 28.8 Å². The lowest BCUT2D eigenvalue weighted by Crippen LogP contribution is -2.32. The monoisotopic (exact) mass is 520 g/mol. The number of hydrogen-bond donors (Lipinski definition) is 1. The van der Waals surface area contributed by atoms with Crippen LogP contribution in [0, 0.1) is 5.82 Å². The second kappa shape index (κ2) is 8.04. The van der Waals surface area contributed by atoms with Gasteiger partial charge in [-0.1, -0.05) is 64.1 Å². The highest BCUT2D eigenvalue weighted by molar-refractivity contribution is 9.10. The first kappa shape index (κ1) is 20.5. The van der Waals surface area contributed by atoms with E-state index in [1.54, 1.807) is 12.1 Å². The summed E-state index contributed by atoms with van der Waals surface area (Å²) in [4.78, 5) is 4.69. The van der Waals surface area contributed by atoms with Crippen LogP contribution < -0.4 is 10.1 Å². The summed E-state index contributed by atoms with van der Waals surface area (Å²) in [5.41, 5.74) is 4.83. The van der Waals surface area contributed by atoms with Gasteiger partial charge in [-0.15, -0.1) is 5.10 Å². The van der Waals surface area contributed by atoms with E-state index in [1.807, 2.05) is 47.3 Å². The summed E-state index contributed by atoms with van der Waals surface area (Å²) < 4.78 is 23.3. The van der Waals surface area contributed by atoms with Crippen LogP contribution in [0.5, 0.6) is 5.75 Å². The van der Waals surface area contributed by atoms with Gasteiger partial charge in [-0.25, -0.2) is 9.07 Å². The molecule has 33 heavy (non-hydrogen) atoms. The molecule has 3 heterocycles. The van der Waals surface area contributed by atoms with Gasteiger partial charge in [-0.05, 0) is 53.8 Å². The Bertz CT molecular complexity index is 1400. The maximum absolute atomic E-state index is 13.8. The summed E-state index contributed by atoms with van der Waals surface area (Å²) in [7, 11) is 0. The van der Waals surface area contributed by atoms with Crippen LogP contribution in [0.15, 0.2) is 88.0 Å². The number of aromatic nitrogens is 3. The number of rotatable bonds is 3.